The van der Waals surface area contributed by atoms with E-state index in [1.54, 1.807) is 27.7 Å². The number of aromatic hydroxyl groups is 1. The molecule has 0 aliphatic rings. The van der Waals surface area contributed by atoms with Gasteiger partial charge in [-0.25, -0.2) is 0 Å². The van der Waals surface area contributed by atoms with Gasteiger partial charge in [0.2, 0.25) is 0 Å². The van der Waals surface area contributed by atoms with Gasteiger partial charge >= 0.3 is 0 Å². The van der Waals surface area contributed by atoms with Crippen LogP contribution in [0.25, 0.3) is 0 Å². The second kappa shape index (κ2) is 4.33. The van der Waals surface area contributed by atoms with Gasteiger partial charge in [-0.2, -0.15) is 0 Å². The van der Waals surface area contributed by atoms with Crippen LogP contribution < -0.4 is 5.32 Å². The topological polar surface area (TPSA) is 82.5 Å². The Kier molecular flexibility index (Phi) is 3.43. The number of aromatic nitrogens is 1. The Bertz CT molecular complexity index is 422. The number of hydrogen-bond acceptors (Lipinski definition) is 4. The van der Waals surface area contributed by atoms with Crippen molar-refractivity contribution in [1.29, 1.82) is 0 Å². The molecule has 1 rings (SSSR count). The highest BCUT2D eigenvalue weighted by Gasteiger charge is 2.36. The van der Waals surface area contributed by atoms with Gasteiger partial charge in [-0.1, -0.05) is 0 Å². The molecule has 5 heteroatoms. The van der Waals surface area contributed by atoms with E-state index in [4.69, 9.17) is 0 Å². The molecule has 1 aromatic heterocycles. The molecule has 0 saturated carbocycles. The quantitative estimate of drug-likeness (QED) is 0.735. The van der Waals surface area contributed by atoms with E-state index in [-0.39, 0.29) is 17.2 Å². The molecule has 0 aliphatic carbocycles. The summed E-state index contributed by atoms with van der Waals surface area (Å²) in [6, 6.07) is 1.32. The molecule has 0 atom stereocenters. The van der Waals surface area contributed by atoms with Crippen LogP contribution in [0.3, 0.4) is 0 Å². The van der Waals surface area contributed by atoms with Gasteiger partial charge in [0, 0.05) is 6.20 Å². The second-order valence-corrected chi connectivity index (χ2v) is 5.07. The number of aliphatic hydroxyl groups is 1. The second-order valence-electron chi connectivity index (χ2n) is 5.07. The maximum atomic E-state index is 11.9. The molecule has 0 aromatic carbocycles. The summed E-state index contributed by atoms with van der Waals surface area (Å²) in [5, 5.41) is 21.8. The lowest BCUT2D eigenvalue weighted by molar-refractivity contribution is -0.00293. The van der Waals surface area contributed by atoms with Crippen LogP contribution in [0.2, 0.25) is 0 Å². The molecule has 17 heavy (non-hydrogen) atoms. The smallest absolute Gasteiger partial charge is 0.253 e. The van der Waals surface area contributed by atoms with Crippen molar-refractivity contribution in [3.05, 3.63) is 24.0 Å². The number of rotatable bonds is 3. The number of carbonyl (C=O) groups is 1. The summed E-state index contributed by atoms with van der Waals surface area (Å²) >= 11 is 0. The molecule has 1 aromatic rings. The van der Waals surface area contributed by atoms with Crippen LogP contribution in [0.4, 0.5) is 0 Å². The number of pyridine rings is 1. The first-order chi connectivity index (χ1) is 7.63. The molecule has 0 unspecified atom stereocenters. The van der Waals surface area contributed by atoms with Crippen LogP contribution in [0.15, 0.2) is 18.5 Å². The van der Waals surface area contributed by atoms with E-state index in [1.807, 2.05) is 0 Å². The number of nitrogens with zero attached hydrogens (tertiary/aromatic N) is 1. The van der Waals surface area contributed by atoms with Crippen LogP contribution in [0.1, 0.15) is 38.1 Å². The maximum Gasteiger partial charge on any atom is 0.253 e. The van der Waals surface area contributed by atoms with E-state index in [0.29, 0.717) is 0 Å². The van der Waals surface area contributed by atoms with Crippen LogP contribution >= 0.6 is 0 Å². The third kappa shape index (κ3) is 3.17. The van der Waals surface area contributed by atoms with E-state index in [0.717, 1.165) is 0 Å². The molecular weight excluding hydrogens is 220 g/mol. The number of amides is 1. The third-order valence-corrected chi connectivity index (χ3v) is 2.94. The zero-order valence-corrected chi connectivity index (χ0v) is 10.5. The van der Waals surface area contributed by atoms with Crippen molar-refractivity contribution in [3.63, 3.8) is 0 Å². The molecule has 0 bridgehead atoms. The summed E-state index contributed by atoms with van der Waals surface area (Å²) < 4.78 is 0. The molecular formula is C12H18N2O3. The van der Waals surface area contributed by atoms with Crippen molar-refractivity contribution in [2.24, 2.45) is 0 Å². The van der Waals surface area contributed by atoms with Gasteiger partial charge in [-0.15, -0.1) is 0 Å². The van der Waals surface area contributed by atoms with Crippen molar-refractivity contribution in [1.82, 2.24) is 10.3 Å². The monoisotopic (exact) mass is 238 g/mol. The zero-order valence-electron chi connectivity index (χ0n) is 10.5. The Morgan fingerprint density at radius 1 is 1.29 bits per heavy atom. The van der Waals surface area contributed by atoms with E-state index in [9.17, 15) is 15.0 Å². The van der Waals surface area contributed by atoms with Crippen molar-refractivity contribution >= 4 is 5.91 Å². The molecule has 94 valence electrons. The van der Waals surface area contributed by atoms with Crippen molar-refractivity contribution < 1.29 is 15.0 Å². The predicted molar refractivity (Wildman–Crippen MR) is 63.7 cm³/mol. The van der Waals surface area contributed by atoms with E-state index in [1.165, 1.54) is 18.5 Å². The molecule has 0 saturated heterocycles. The molecule has 0 fully saturated rings. The lowest BCUT2D eigenvalue weighted by Gasteiger charge is -2.37. The Balaban J connectivity index is 2.87. The van der Waals surface area contributed by atoms with Gasteiger partial charge in [-0.05, 0) is 33.8 Å². The van der Waals surface area contributed by atoms with Gasteiger partial charge in [0.1, 0.15) is 5.75 Å². The average molecular weight is 238 g/mol. The number of nitrogens with one attached hydrogen (secondary N) is 1. The fourth-order valence-corrected chi connectivity index (χ4v) is 1.06. The fourth-order valence-electron chi connectivity index (χ4n) is 1.06. The van der Waals surface area contributed by atoms with Crippen molar-refractivity contribution in [3.8, 4) is 5.75 Å². The van der Waals surface area contributed by atoms with Crippen LogP contribution in [-0.2, 0) is 0 Å². The van der Waals surface area contributed by atoms with Crippen LogP contribution in [-0.4, -0.2) is 32.2 Å². The van der Waals surface area contributed by atoms with E-state index < -0.39 is 11.1 Å². The first-order valence-corrected chi connectivity index (χ1v) is 5.32. The Morgan fingerprint density at radius 3 is 2.35 bits per heavy atom. The SMILES string of the molecule is CC(C)(O)C(C)(C)NC(=O)c1cncc(O)c1. The molecule has 1 amide bonds. The Hall–Kier alpha value is -1.62. The molecule has 0 radical (unpaired) electrons. The summed E-state index contributed by atoms with van der Waals surface area (Å²) in [6.45, 7) is 6.68. The highest BCUT2D eigenvalue weighted by molar-refractivity contribution is 5.94. The van der Waals surface area contributed by atoms with Gasteiger partial charge in [0.25, 0.3) is 5.91 Å². The highest BCUT2D eigenvalue weighted by Crippen LogP contribution is 2.21. The molecule has 3 N–H and O–H groups in total. The van der Waals surface area contributed by atoms with Gasteiger partial charge in [-0.3, -0.25) is 9.78 Å². The normalized spacial score (nSPS) is 12.3. The van der Waals surface area contributed by atoms with E-state index >= 15 is 0 Å². The molecule has 1 heterocycles. The standard InChI is InChI=1S/C12H18N2O3/c1-11(2,12(3,4)17)14-10(16)8-5-9(15)7-13-6-8/h5-7,15,17H,1-4H3,(H,14,16). The minimum absolute atomic E-state index is 0.0706. The Morgan fingerprint density at radius 2 is 1.88 bits per heavy atom. The first-order valence-electron chi connectivity index (χ1n) is 5.32. The highest BCUT2D eigenvalue weighted by atomic mass is 16.3. The largest absolute Gasteiger partial charge is 0.506 e. The maximum absolute atomic E-state index is 11.9. The van der Waals surface area contributed by atoms with Crippen LogP contribution in [0, 0.1) is 0 Å². The predicted octanol–water partition coefficient (Wildman–Crippen LogP) is 1.07. The van der Waals surface area contributed by atoms with Gasteiger partial charge < -0.3 is 15.5 Å². The van der Waals surface area contributed by atoms with Crippen LogP contribution in [0.5, 0.6) is 5.75 Å². The minimum Gasteiger partial charge on any atom is -0.506 e. The molecule has 0 spiro atoms. The van der Waals surface area contributed by atoms with Crippen molar-refractivity contribution in [2.45, 2.75) is 38.8 Å². The Labute approximate surface area is 101 Å². The summed E-state index contributed by atoms with van der Waals surface area (Å²) in [4.78, 5) is 15.6. The van der Waals surface area contributed by atoms with Gasteiger partial charge in [0.05, 0.1) is 22.9 Å². The summed E-state index contributed by atoms with van der Waals surface area (Å²) in [5.41, 5.74) is -1.61. The molecule has 5 nitrogen and oxygen atoms in total. The number of carbonyl (C=O) groups excluding carboxylic acids is 1. The summed E-state index contributed by atoms with van der Waals surface area (Å²) in [7, 11) is 0. The lowest BCUT2D eigenvalue weighted by atomic mass is 9.86. The lowest BCUT2D eigenvalue weighted by Crippen LogP contribution is -2.57. The fraction of sp³-hybridized carbons (Fsp3) is 0.500. The average Bonchev–Trinajstić information content (AvgIpc) is 2.15. The van der Waals surface area contributed by atoms with E-state index in [2.05, 4.69) is 10.3 Å². The summed E-state index contributed by atoms with van der Waals surface area (Å²) in [6.07, 6.45) is 2.60. The van der Waals surface area contributed by atoms with Gasteiger partial charge in [0.15, 0.2) is 0 Å². The number of hydrogen-bond donors (Lipinski definition) is 3. The molecule has 0 aliphatic heterocycles. The first kappa shape index (κ1) is 13.4. The minimum atomic E-state index is -1.06. The third-order valence-electron chi connectivity index (χ3n) is 2.94. The van der Waals surface area contributed by atoms with Crippen molar-refractivity contribution in [2.75, 3.05) is 0 Å². The summed E-state index contributed by atoms with van der Waals surface area (Å²) in [5.74, 6) is -0.459. The zero-order chi connectivity index (χ0) is 13.3.